The summed E-state index contributed by atoms with van der Waals surface area (Å²) in [5.41, 5.74) is 3.06. The molecule has 1 amide bonds. The molecule has 2 aliphatic rings. The molecule has 2 aliphatic heterocycles. The molecule has 7 nitrogen and oxygen atoms in total. The zero-order valence-electron chi connectivity index (χ0n) is 20.6. The van der Waals surface area contributed by atoms with Gasteiger partial charge in [-0.05, 0) is 29.3 Å². The van der Waals surface area contributed by atoms with Crippen molar-refractivity contribution in [3.05, 3.63) is 130 Å². The third-order valence-electron chi connectivity index (χ3n) is 6.12. The molecule has 190 valence electrons. The number of amides is 1. The second-order valence-corrected chi connectivity index (χ2v) is 9.81. The van der Waals surface area contributed by atoms with Crippen LogP contribution in [0.15, 0.2) is 113 Å². The summed E-state index contributed by atoms with van der Waals surface area (Å²) in [6.45, 7) is 5.19. The van der Waals surface area contributed by atoms with E-state index in [0.29, 0.717) is 21.7 Å². The summed E-state index contributed by atoms with van der Waals surface area (Å²) in [6.07, 6.45) is 2.64. The van der Waals surface area contributed by atoms with Gasteiger partial charge in [0.25, 0.3) is 5.91 Å². The first-order valence-electron chi connectivity index (χ1n) is 11.9. The number of fused-ring (bicyclic) bond motifs is 1. The molecule has 5 rings (SSSR count). The number of rotatable bonds is 7. The number of ether oxygens (including phenoxy) is 2. The number of carbonyl (C=O) groups excluding carboxylic acids is 3. The summed E-state index contributed by atoms with van der Waals surface area (Å²) in [6, 6.07) is 24.2. The van der Waals surface area contributed by atoms with Crippen LogP contribution in [-0.4, -0.2) is 39.7 Å². The predicted octanol–water partition coefficient (Wildman–Crippen LogP) is 5.04. The Morgan fingerprint density at radius 2 is 1.66 bits per heavy atom. The van der Waals surface area contributed by atoms with E-state index in [1.165, 1.54) is 23.6 Å². The van der Waals surface area contributed by atoms with Crippen LogP contribution in [0.25, 0.3) is 6.08 Å². The first-order chi connectivity index (χ1) is 18.4. The molecular formula is C30H24N2O5S. The fourth-order valence-electron chi connectivity index (χ4n) is 4.29. The molecule has 0 spiro atoms. The van der Waals surface area contributed by atoms with Crippen LogP contribution in [0.2, 0.25) is 0 Å². The Morgan fingerprint density at radius 3 is 2.24 bits per heavy atom. The fourth-order valence-corrected chi connectivity index (χ4v) is 5.46. The molecule has 0 saturated carbocycles. The highest BCUT2D eigenvalue weighted by Crippen LogP contribution is 2.49. The van der Waals surface area contributed by atoms with Gasteiger partial charge in [-0.3, -0.25) is 19.5 Å². The van der Waals surface area contributed by atoms with Gasteiger partial charge in [0.05, 0.1) is 11.3 Å². The summed E-state index contributed by atoms with van der Waals surface area (Å²) in [4.78, 5) is 45.0. The largest absolute Gasteiger partial charge is 0.461 e. The quantitative estimate of drug-likeness (QED) is 0.243. The average molecular weight is 525 g/mol. The molecule has 0 N–H and O–H groups in total. The van der Waals surface area contributed by atoms with Gasteiger partial charge in [0.2, 0.25) is 0 Å². The fraction of sp³-hybridized carbons (Fsp3) is 0.133. The Bertz CT molecular complexity index is 1410. The first kappa shape index (κ1) is 25.2. The van der Waals surface area contributed by atoms with Crippen molar-refractivity contribution in [3.8, 4) is 0 Å². The van der Waals surface area contributed by atoms with E-state index in [4.69, 9.17) is 9.47 Å². The van der Waals surface area contributed by atoms with Crippen LogP contribution < -0.4 is 0 Å². The number of thioether (sulfide) groups is 1. The van der Waals surface area contributed by atoms with Crippen LogP contribution in [0.5, 0.6) is 0 Å². The molecule has 3 heterocycles. The summed E-state index contributed by atoms with van der Waals surface area (Å²) in [5, 5.41) is -0.479. The predicted molar refractivity (Wildman–Crippen MR) is 144 cm³/mol. The Labute approximate surface area is 224 Å². The van der Waals surface area contributed by atoms with Crippen LogP contribution in [0.4, 0.5) is 0 Å². The Balaban J connectivity index is 1.53. The van der Waals surface area contributed by atoms with Gasteiger partial charge in [-0.1, -0.05) is 85.1 Å². The molecule has 0 bridgehead atoms. The molecule has 8 heteroatoms. The van der Waals surface area contributed by atoms with Gasteiger partial charge in [-0.15, -0.1) is 0 Å². The van der Waals surface area contributed by atoms with Crippen molar-refractivity contribution in [1.82, 2.24) is 9.88 Å². The molecular weight excluding hydrogens is 500 g/mol. The van der Waals surface area contributed by atoms with Gasteiger partial charge in [0, 0.05) is 23.6 Å². The van der Waals surface area contributed by atoms with E-state index in [1.54, 1.807) is 24.4 Å². The van der Waals surface area contributed by atoms with Crippen molar-refractivity contribution in [2.75, 3.05) is 6.61 Å². The lowest BCUT2D eigenvalue weighted by atomic mass is 9.99. The third kappa shape index (κ3) is 5.03. The highest BCUT2D eigenvalue weighted by Gasteiger charge is 2.51. The summed E-state index contributed by atoms with van der Waals surface area (Å²) < 4.78 is 11.3. The maximum atomic E-state index is 13.9. The van der Waals surface area contributed by atoms with E-state index in [1.807, 2.05) is 66.7 Å². The van der Waals surface area contributed by atoms with Gasteiger partial charge in [-0.2, -0.15) is 0 Å². The minimum absolute atomic E-state index is 0.0278. The van der Waals surface area contributed by atoms with Gasteiger partial charge < -0.3 is 9.47 Å². The maximum Gasteiger partial charge on any atom is 0.356 e. The Morgan fingerprint density at radius 1 is 1.03 bits per heavy atom. The molecule has 1 saturated heterocycles. The highest BCUT2D eigenvalue weighted by atomic mass is 32.2. The van der Waals surface area contributed by atoms with Crippen LogP contribution in [0, 0.1) is 0 Å². The standard InChI is InChI=1S/C30H24N2O5S/c1-19-25(18-36-20(2)33)26(32-28(34)24(29(32)38-19)17-23-15-9-10-16-31-23)30(35)37-27(21-11-5-3-6-12-21)22-13-7-4-8-14-22/h3-17,27,29H,1,18H2,2H3/b24-17-. The number of β-lactam (4-membered cyclic amide) rings is 1. The highest BCUT2D eigenvalue weighted by molar-refractivity contribution is 8.04. The topological polar surface area (TPSA) is 85.8 Å². The Kier molecular flexibility index (Phi) is 7.24. The smallest absolute Gasteiger partial charge is 0.356 e. The van der Waals surface area contributed by atoms with E-state index in [2.05, 4.69) is 11.6 Å². The molecule has 38 heavy (non-hydrogen) atoms. The molecule has 0 aliphatic carbocycles. The average Bonchev–Trinajstić information content (AvgIpc) is 2.94. The second-order valence-electron chi connectivity index (χ2n) is 8.64. The number of carbonyl (C=O) groups is 3. The second kappa shape index (κ2) is 10.9. The SMILES string of the molecule is C=C1SC2/C(=C\c3ccccn3)C(=O)N2C(C(=O)OC(c2ccccc2)c2ccccc2)=C1COC(C)=O. The van der Waals surface area contributed by atoms with Gasteiger partial charge in [0.1, 0.15) is 17.7 Å². The van der Waals surface area contributed by atoms with Gasteiger partial charge in [0.15, 0.2) is 6.10 Å². The lowest BCUT2D eigenvalue weighted by Crippen LogP contribution is -2.56. The minimum Gasteiger partial charge on any atom is -0.461 e. The Hall–Kier alpha value is -4.43. The van der Waals surface area contributed by atoms with Gasteiger partial charge in [-0.25, -0.2) is 4.79 Å². The number of pyridine rings is 1. The van der Waals surface area contributed by atoms with Gasteiger partial charge >= 0.3 is 11.9 Å². The molecule has 2 aromatic carbocycles. The lowest BCUT2D eigenvalue weighted by molar-refractivity contribution is -0.149. The molecule has 1 atom stereocenters. The van der Waals surface area contributed by atoms with Crippen molar-refractivity contribution in [2.45, 2.75) is 18.4 Å². The number of hydrogen-bond acceptors (Lipinski definition) is 7. The lowest BCUT2D eigenvalue weighted by Gasteiger charge is -2.46. The third-order valence-corrected chi connectivity index (χ3v) is 7.34. The molecule has 1 unspecified atom stereocenters. The van der Waals surface area contributed by atoms with Crippen LogP contribution in [0.1, 0.15) is 29.8 Å². The van der Waals surface area contributed by atoms with E-state index >= 15 is 0 Å². The molecule has 0 radical (unpaired) electrons. The summed E-state index contributed by atoms with van der Waals surface area (Å²) >= 11 is 1.32. The van der Waals surface area contributed by atoms with Crippen LogP contribution in [0.3, 0.4) is 0 Å². The van der Waals surface area contributed by atoms with E-state index in [-0.39, 0.29) is 18.2 Å². The molecule has 1 aromatic heterocycles. The number of esters is 2. The zero-order valence-corrected chi connectivity index (χ0v) is 21.4. The van der Waals surface area contributed by atoms with Crippen molar-refractivity contribution >= 4 is 35.7 Å². The number of benzene rings is 2. The number of hydrogen-bond donors (Lipinski definition) is 0. The molecule has 1 fully saturated rings. The van der Waals surface area contributed by atoms with E-state index in [0.717, 1.165) is 11.1 Å². The van der Waals surface area contributed by atoms with Crippen molar-refractivity contribution < 1.29 is 23.9 Å². The first-order valence-corrected chi connectivity index (χ1v) is 12.8. The van der Waals surface area contributed by atoms with E-state index < -0.39 is 23.4 Å². The maximum absolute atomic E-state index is 13.9. The van der Waals surface area contributed by atoms with E-state index in [9.17, 15) is 14.4 Å². The van der Waals surface area contributed by atoms with Crippen molar-refractivity contribution in [2.24, 2.45) is 0 Å². The summed E-state index contributed by atoms with van der Waals surface area (Å²) in [5.74, 6) is -1.56. The van der Waals surface area contributed by atoms with Crippen LogP contribution >= 0.6 is 11.8 Å². The minimum atomic E-state index is -0.714. The van der Waals surface area contributed by atoms with Crippen molar-refractivity contribution in [1.29, 1.82) is 0 Å². The van der Waals surface area contributed by atoms with Crippen molar-refractivity contribution in [3.63, 3.8) is 0 Å². The summed E-state index contributed by atoms with van der Waals surface area (Å²) in [7, 11) is 0. The number of aromatic nitrogens is 1. The number of nitrogens with zero attached hydrogens (tertiary/aromatic N) is 2. The monoisotopic (exact) mass is 524 g/mol. The zero-order chi connectivity index (χ0) is 26.6. The normalized spacial score (nSPS) is 17.8. The molecule has 3 aromatic rings. The van der Waals surface area contributed by atoms with Crippen LogP contribution in [-0.2, 0) is 23.9 Å².